The predicted molar refractivity (Wildman–Crippen MR) is 54.2 cm³/mol. The molecule has 2 atom stereocenters. The van der Waals surface area contributed by atoms with Crippen LogP contribution in [0.2, 0.25) is 0 Å². The predicted octanol–water partition coefficient (Wildman–Crippen LogP) is 0.180. The fourth-order valence-corrected chi connectivity index (χ4v) is 2.06. The van der Waals surface area contributed by atoms with Crippen LogP contribution in [0.4, 0.5) is 9.59 Å². The zero-order valence-electron chi connectivity index (χ0n) is 9.31. The van der Waals surface area contributed by atoms with E-state index in [1.807, 2.05) is 0 Å². The van der Waals surface area contributed by atoms with Crippen LogP contribution in [0.3, 0.4) is 0 Å². The lowest BCUT2D eigenvalue weighted by atomic mass is 9.89. The summed E-state index contributed by atoms with van der Waals surface area (Å²) >= 11 is 0. The first kappa shape index (κ1) is 11.8. The Morgan fingerprint density at radius 1 is 1.00 bits per heavy atom. The molecule has 8 heteroatoms. The van der Waals surface area contributed by atoms with Gasteiger partial charge < -0.3 is 29.2 Å². The summed E-state index contributed by atoms with van der Waals surface area (Å²) in [6, 6.07) is 7.69. The van der Waals surface area contributed by atoms with Crippen molar-refractivity contribution in [2.24, 2.45) is 0 Å². The number of cyclic esters (lactones) is 4. The van der Waals surface area contributed by atoms with Crippen molar-refractivity contribution in [3.63, 3.8) is 0 Å². The van der Waals surface area contributed by atoms with E-state index >= 15 is 0 Å². The smallest absolute Gasteiger partial charge is 0.404 e. The van der Waals surface area contributed by atoms with Crippen molar-refractivity contribution in [3.8, 4) is 0 Å². The summed E-state index contributed by atoms with van der Waals surface area (Å²) in [5, 5.41) is 19.9. The van der Waals surface area contributed by atoms with Crippen molar-refractivity contribution >= 4 is 12.3 Å². The van der Waals surface area contributed by atoms with E-state index in [9.17, 15) is 19.8 Å². The molecule has 19 heavy (non-hydrogen) atoms. The first-order valence-electron chi connectivity index (χ1n) is 5.25. The molecule has 0 spiro atoms. The summed E-state index contributed by atoms with van der Waals surface area (Å²) in [4.78, 5) is 22.0. The first-order valence-corrected chi connectivity index (χ1v) is 5.25. The SMILES string of the molecule is O=C1OC(O)(C2(c3ccccc3)OC(=O)OC2O)O1. The molecule has 2 unspecified atom stereocenters. The molecule has 100 valence electrons. The number of hydrogen-bond acceptors (Lipinski definition) is 8. The fourth-order valence-electron chi connectivity index (χ4n) is 2.06. The second kappa shape index (κ2) is 3.59. The van der Waals surface area contributed by atoms with E-state index in [4.69, 9.17) is 4.74 Å². The Labute approximate surface area is 106 Å². The highest BCUT2D eigenvalue weighted by atomic mass is 17.0. The Hall–Kier alpha value is -2.32. The van der Waals surface area contributed by atoms with Gasteiger partial charge in [-0.15, -0.1) is 0 Å². The zero-order chi connectivity index (χ0) is 13.7. The lowest BCUT2D eigenvalue weighted by Gasteiger charge is -2.44. The van der Waals surface area contributed by atoms with Gasteiger partial charge in [-0.05, 0) is 0 Å². The number of ether oxygens (including phenoxy) is 4. The van der Waals surface area contributed by atoms with Gasteiger partial charge in [-0.1, -0.05) is 30.3 Å². The molecular weight excluding hydrogens is 260 g/mol. The molecule has 2 fully saturated rings. The van der Waals surface area contributed by atoms with Crippen LogP contribution in [-0.2, 0) is 24.5 Å². The molecular formula is C11H8O8. The van der Waals surface area contributed by atoms with Gasteiger partial charge in [-0.25, -0.2) is 9.59 Å². The molecule has 1 aromatic rings. The van der Waals surface area contributed by atoms with E-state index in [1.165, 1.54) is 12.1 Å². The number of aliphatic hydroxyl groups excluding tert-OH is 1. The minimum absolute atomic E-state index is 0.142. The van der Waals surface area contributed by atoms with Gasteiger partial charge in [-0.3, -0.25) is 0 Å². The van der Waals surface area contributed by atoms with Crippen LogP contribution in [0.15, 0.2) is 30.3 Å². The van der Waals surface area contributed by atoms with Crippen LogP contribution >= 0.6 is 0 Å². The second-order valence-electron chi connectivity index (χ2n) is 3.96. The molecule has 2 aliphatic heterocycles. The highest BCUT2D eigenvalue weighted by Gasteiger charge is 2.75. The lowest BCUT2D eigenvalue weighted by molar-refractivity contribution is -0.460. The summed E-state index contributed by atoms with van der Waals surface area (Å²) in [6.07, 6.45) is -4.29. The summed E-state index contributed by atoms with van der Waals surface area (Å²) in [7, 11) is 0. The molecule has 0 saturated carbocycles. The molecule has 2 heterocycles. The third-order valence-corrected chi connectivity index (χ3v) is 2.92. The first-order chi connectivity index (χ1) is 8.98. The average Bonchev–Trinajstić information content (AvgIpc) is 2.65. The number of rotatable bonds is 2. The van der Waals surface area contributed by atoms with Gasteiger partial charge in [0, 0.05) is 5.56 Å². The Morgan fingerprint density at radius 2 is 1.63 bits per heavy atom. The topological polar surface area (TPSA) is 112 Å². The van der Waals surface area contributed by atoms with E-state index in [-0.39, 0.29) is 5.56 Å². The molecule has 0 amide bonds. The van der Waals surface area contributed by atoms with Crippen molar-refractivity contribution < 1.29 is 38.7 Å². The largest absolute Gasteiger partial charge is 0.518 e. The van der Waals surface area contributed by atoms with Crippen molar-refractivity contribution in [2.75, 3.05) is 0 Å². The van der Waals surface area contributed by atoms with Gasteiger partial charge in [0.05, 0.1) is 0 Å². The van der Waals surface area contributed by atoms with E-state index < -0.39 is 30.2 Å². The van der Waals surface area contributed by atoms with Gasteiger partial charge in [0.15, 0.2) is 0 Å². The zero-order valence-corrected chi connectivity index (χ0v) is 9.31. The van der Waals surface area contributed by atoms with Crippen molar-refractivity contribution in [2.45, 2.75) is 17.9 Å². The van der Waals surface area contributed by atoms with Gasteiger partial charge in [0.1, 0.15) is 0 Å². The standard InChI is InChI=1S/C11H8O8/c12-7-10(17-8(13)16-7,6-4-2-1-3-5-6)11(15)18-9(14)19-11/h1-5,7,12,15H. The van der Waals surface area contributed by atoms with E-state index in [0.29, 0.717) is 0 Å². The van der Waals surface area contributed by atoms with Crippen molar-refractivity contribution in [3.05, 3.63) is 35.9 Å². The van der Waals surface area contributed by atoms with Crippen LogP contribution in [0, 0.1) is 0 Å². The Kier molecular flexibility index (Phi) is 2.22. The molecule has 2 N–H and O–H groups in total. The van der Waals surface area contributed by atoms with Crippen LogP contribution < -0.4 is 0 Å². The Balaban J connectivity index is 2.12. The molecule has 0 aromatic heterocycles. The van der Waals surface area contributed by atoms with Gasteiger partial charge in [-0.2, -0.15) is 0 Å². The molecule has 2 aliphatic rings. The summed E-state index contributed by atoms with van der Waals surface area (Å²) in [5.74, 6) is -2.64. The Bertz CT molecular complexity index is 533. The highest BCUT2D eigenvalue weighted by molar-refractivity contribution is 5.68. The molecule has 3 rings (SSSR count). The quantitative estimate of drug-likeness (QED) is 0.730. The molecule has 0 radical (unpaired) electrons. The van der Waals surface area contributed by atoms with Crippen LogP contribution in [0.5, 0.6) is 0 Å². The van der Waals surface area contributed by atoms with E-state index in [2.05, 4.69) is 14.2 Å². The number of carbonyl (C=O) groups is 2. The maximum absolute atomic E-state index is 11.2. The van der Waals surface area contributed by atoms with Gasteiger partial charge in [0.2, 0.25) is 0 Å². The Morgan fingerprint density at radius 3 is 2.11 bits per heavy atom. The van der Waals surface area contributed by atoms with Crippen LogP contribution in [0.1, 0.15) is 5.56 Å². The highest BCUT2D eigenvalue weighted by Crippen LogP contribution is 2.49. The summed E-state index contributed by atoms with van der Waals surface area (Å²) in [6.45, 7) is 0. The molecule has 0 bridgehead atoms. The molecule has 0 aliphatic carbocycles. The lowest BCUT2D eigenvalue weighted by Crippen LogP contribution is -2.67. The minimum Gasteiger partial charge on any atom is -0.404 e. The monoisotopic (exact) mass is 268 g/mol. The van der Waals surface area contributed by atoms with Gasteiger partial charge in [0.25, 0.3) is 6.29 Å². The normalized spacial score (nSPS) is 31.6. The number of carbonyl (C=O) groups excluding carboxylic acids is 2. The molecule has 1 aromatic carbocycles. The number of aliphatic hydroxyl groups is 2. The van der Waals surface area contributed by atoms with Crippen LogP contribution in [0.25, 0.3) is 0 Å². The minimum atomic E-state index is -2.64. The third kappa shape index (κ3) is 1.41. The molecule has 2 saturated heterocycles. The van der Waals surface area contributed by atoms with Gasteiger partial charge >= 0.3 is 23.9 Å². The summed E-state index contributed by atoms with van der Waals surface area (Å²) < 4.78 is 18.2. The maximum atomic E-state index is 11.2. The summed E-state index contributed by atoms with van der Waals surface area (Å²) in [5.41, 5.74) is -2.05. The van der Waals surface area contributed by atoms with Crippen LogP contribution in [-0.4, -0.2) is 34.8 Å². The number of benzene rings is 1. The average molecular weight is 268 g/mol. The van der Waals surface area contributed by atoms with E-state index in [1.54, 1.807) is 18.2 Å². The number of hydrogen-bond donors (Lipinski definition) is 2. The maximum Gasteiger partial charge on any atom is 0.518 e. The fraction of sp³-hybridized carbons (Fsp3) is 0.273. The third-order valence-electron chi connectivity index (χ3n) is 2.92. The molecule has 8 nitrogen and oxygen atoms in total. The van der Waals surface area contributed by atoms with E-state index in [0.717, 1.165) is 0 Å². The van der Waals surface area contributed by atoms with Crippen molar-refractivity contribution in [1.82, 2.24) is 0 Å². The van der Waals surface area contributed by atoms with Crippen molar-refractivity contribution in [1.29, 1.82) is 0 Å². The second-order valence-corrected chi connectivity index (χ2v) is 3.96.